The Hall–Kier alpha value is -1.39. The Labute approximate surface area is 135 Å². The molecule has 0 amide bonds. The van der Waals surface area contributed by atoms with E-state index in [1.165, 1.54) is 0 Å². The zero-order chi connectivity index (χ0) is 15.9. The van der Waals surface area contributed by atoms with Crippen molar-refractivity contribution in [1.82, 2.24) is 5.32 Å². The number of rotatable bonds is 3. The molecule has 1 aromatic carbocycles. The first-order valence-corrected chi connectivity index (χ1v) is 8.10. The quantitative estimate of drug-likeness (QED) is 0.870. The summed E-state index contributed by atoms with van der Waals surface area (Å²) in [6.45, 7) is 3.67. The molecule has 5 heteroatoms. The number of hydrogen-bond donors (Lipinski definition) is 1. The van der Waals surface area contributed by atoms with Crippen molar-refractivity contribution >= 4 is 23.4 Å². The van der Waals surface area contributed by atoms with Crippen LogP contribution in [-0.4, -0.2) is 23.9 Å². The van der Waals surface area contributed by atoms with Crippen LogP contribution in [0.15, 0.2) is 24.3 Å². The standard InChI is InChI=1S/C17H20ClNO3/c1-9(2)22-17(21)16-12-7-8-13(20)14(12)15(19-16)10-3-5-11(18)6-4-10/h3-6,9,12,14-16,19H,7-8H2,1-2H3/t12-,14-,15+,16+/m1/s1. The first-order valence-electron chi connectivity index (χ1n) is 7.72. The lowest BCUT2D eigenvalue weighted by Gasteiger charge is -2.18. The molecule has 0 spiro atoms. The number of nitrogens with one attached hydrogen (secondary N) is 1. The van der Waals surface area contributed by atoms with Gasteiger partial charge in [-0.2, -0.15) is 0 Å². The van der Waals surface area contributed by atoms with Gasteiger partial charge in [0.2, 0.25) is 0 Å². The van der Waals surface area contributed by atoms with E-state index >= 15 is 0 Å². The van der Waals surface area contributed by atoms with Gasteiger partial charge in [-0.3, -0.25) is 14.9 Å². The van der Waals surface area contributed by atoms with Crippen molar-refractivity contribution in [2.75, 3.05) is 0 Å². The molecule has 0 radical (unpaired) electrons. The molecule has 1 saturated carbocycles. The molecule has 1 heterocycles. The molecule has 0 aromatic heterocycles. The summed E-state index contributed by atoms with van der Waals surface area (Å²) in [6.07, 6.45) is 1.14. The fourth-order valence-corrected chi connectivity index (χ4v) is 3.77. The maximum atomic E-state index is 12.3. The van der Waals surface area contributed by atoms with Crippen molar-refractivity contribution in [3.8, 4) is 0 Å². The summed E-state index contributed by atoms with van der Waals surface area (Å²) in [6, 6.07) is 6.92. The van der Waals surface area contributed by atoms with Crippen molar-refractivity contribution in [2.24, 2.45) is 11.8 Å². The van der Waals surface area contributed by atoms with Gasteiger partial charge in [0.15, 0.2) is 0 Å². The van der Waals surface area contributed by atoms with E-state index < -0.39 is 6.04 Å². The fraction of sp³-hybridized carbons (Fsp3) is 0.529. The summed E-state index contributed by atoms with van der Waals surface area (Å²) in [5.41, 5.74) is 0.995. The van der Waals surface area contributed by atoms with Crippen LogP contribution in [0.1, 0.15) is 38.3 Å². The Morgan fingerprint density at radius 2 is 2.00 bits per heavy atom. The zero-order valence-electron chi connectivity index (χ0n) is 12.7. The molecule has 4 nitrogen and oxygen atoms in total. The van der Waals surface area contributed by atoms with Crippen LogP contribution in [0.2, 0.25) is 5.02 Å². The maximum absolute atomic E-state index is 12.3. The third-order valence-corrected chi connectivity index (χ3v) is 4.79. The monoisotopic (exact) mass is 321 g/mol. The van der Waals surface area contributed by atoms with Crippen LogP contribution >= 0.6 is 11.6 Å². The van der Waals surface area contributed by atoms with Gasteiger partial charge in [-0.05, 0) is 43.9 Å². The highest BCUT2D eigenvalue weighted by Crippen LogP contribution is 2.45. The van der Waals surface area contributed by atoms with Crippen LogP contribution in [0.3, 0.4) is 0 Å². The third kappa shape index (κ3) is 2.77. The summed E-state index contributed by atoms with van der Waals surface area (Å²) in [7, 11) is 0. The highest BCUT2D eigenvalue weighted by molar-refractivity contribution is 6.30. The van der Waals surface area contributed by atoms with E-state index in [9.17, 15) is 9.59 Å². The molecule has 2 fully saturated rings. The normalized spacial score (nSPS) is 30.6. The molecule has 2 aliphatic rings. The van der Waals surface area contributed by atoms with Crippen LogP contribution in [0.5, 0.6) is 0 Å². The Morgan fingerprint density at radius 3 is 2.64 bits per heavy atom. The Kier molecular flexibility index (Phi) is 4.24. The van der Waals surface area contributed by atoms with E-state index in [2.05, 4.69) is 5.32 Å². The number of Topliss-reactive ketones (excluding diaryl/α,β-unsaturated/α-hetero) is 1. The maximum Gasteiger partial charge on any atom is 0.323 e. The first-order chi connectivity index (χ1) is 10.5. The second kappa shape index (κ2) is 6.01. The number of carbonyl (C=O) groups excluding carboxylic acids is 2. The molecule has 3 rings (SSSR count). The first kappa shape index (κ1) is 15.5. The molecule has 0 bridgehead atoms. The number of ether oxygens (including phenoxy) is 1. The summed E-state index contributed by atoms with van der Waals surface area (Å²) < 4.78 is 5.35. The van der Waals surface area contributed by atoms with Gasteiger partial charge in [-0.15, -0.1) is 0 Å². The average Bonchev–Trinajstić information content (AvgIpc) is 3.00. The highest BCUT2D eigenvalue weighted by Gasteiger charge is 2.53. The minimum Gasteiger partial charge on any atom is -0.462 e. The van der Waals surface area contributed by atoms with Crippen LogP contribution in [0, 0.1) is 11.8 Å². The van der Waals surface area contributed by atoms with Crippen LogP contribution < -0.4 is 5.32 Å². The summed E-state index contributed by atoms with van der Waals surface area (Å²) >= 11 is 5.93. The van der Waals surface area contributed by atoms with Crippen molar-refractivity contribution < 1.29 is 14.3 Å². The number of esters is 1. The van der Waals surface area contributed by atoms with Gasteiger partial charge in [-0.1, -0.05) is 23.7 Å². The highest BCUT2D eigenvalue weighted by atomic mass is 35.5. The lowest BCUT2D eigenvalue weighted by atomic mass is 9.87. The SMILES string of the molecule is CC(C)OC(=O)[C@H]1N[C@@H](c2ccc(Cl)cc2)[C@H]2C(=O)CC[C@H]21. The lowest BCUT2D eigenvalue weighted by Crippen LogP contribution is -2.38. The molecule has 1 N–H and O–H groups in total. The Balaban J connectivity index is 1.87. The van der Waals surface area contributed by atoms with Crippen molar-refractivity contribution in [3.05, 3.63) is 34.9 Å². The van der Waals surface area contributed by atoms with Gasteiger partial charge >= 0.3 is 5.97 Å². The van der Waals surface area contributed by atoms with E-state index in [0.717, 1.165) is 12.0 Å². The van der Waals surface area contributed by atoms with Crippen LogP contribution in [0.4, 0.5) is 0 Å². The summed E-state index contributed by atoms with van der Waals surface area (Å²) in [5.74, 6) is -0.140. The molecular formula is C17H20ClNO3. The van der Waals surface area contributed by atoms with Gasteiger partial charge < -0.3 is 4.74 Å². The minimum absolute atomic E-state index is 0.0272. The van der Waals surface area contributed by atoms with Crippen molar-refractivity contribution in [3.63, 3.8) is 0 Å². The van der Waals surface area contributed by atoms with Crippen LogP contribution in [0.25, 0.3) is 0 Å². The van der Waals surface area contributed by atoms with Crippen LogP contribution in [-0.2, 0) is 14.3 Å². The minimum atomic E-state index is -0.403. The van der Waals surface area contributed by atoms with Crippen molar-refractivity contribution in [1.29, 1.82) is 0 Å². The molecule has 0 unspecified atom stereocenters. The predicted molar refractivity (Wildman–Crippen MR) is 83.6 cm³/mol. The smallest absolute Gasteiger partial charge is 0.323 e. The zero-order valence-corrected chi connectivity index (χ0v) is 13.5. The summed E-state index contributed by atoms with van der Waals surface area (Å²) in [5, 5.41) is 3.98. The average molecular weight is 322 g/mol. The summed E-state index contributed by atoms with van der Waals surface area (Å²) in [4.78, 5) is 24.6. The van der Waals surface area contributed by atoms with Gasteiger partial charge in [0, 0.05) is 23.4 Å². The van der Waals surface area contributed by atoms with Crippen molar-refractivity contribution in [2.45, 2.75) is 44.9 Å². The van der Waals surface area contributed by atoms with Gasteiger partial charge in [0.25, 0.3) is 0 Å². The number of halogens is 1. The fourth-order valence-electron chi connectivity index (χ4n) is 3.64. The molecule has 1 aliphatic heterocycles. The number of benzene rings is 1. The molecular weight excluding hydrogens is 302 g/mol. The van der Waals surface area contributed by atoms with Gasteiger partial charge in [0.1, 0.15) is 11.8 Å². The van der Waals surface area contributed by atoms with E-state index in [1.807, 2.05) is 38.1 Å². The third-order valence-electron chi connectivity index (χ3n) is 4.54. The number of ketones is 1. The molecule has 4 atom stereocenters. The van der Waals surface area contributed by atoms with E-state index in [-0.39, 0.29) is 35.7 Å². The molecule has 1 aliphatic carbocycles. The molecule has 1 aromatic rings. The lowest BCUT2D eigenvalue weighted by molar-refractivity contribution is -0.150. The number of carbonyl (C=O) groups is 2. The van der Waals surface area contributed by atoms with E-state index in [0.29, 0.717) is 11.4 Å². The molecule has 1 saturated heterocycles. The largest absolute Gasteiger partial charge is 0.462 e. The number of hydrogen-bond acceptors (Lipinski definition) is 4. The molecule has 118 valence electrons. The predicted octanol–water partition coefficient (Wildman–Crippen LogP) is 2.90. The number of fused-ring (bicyclic) bond motifs is 1. The van der Waals surface area contributed by atoms with E-state index in [4.69, 9.17) is 16.3 Å². The second-order valence-corrected chi connectivity index (χ2v) is 6.79. The topological polar surface area (TPSA) is 55.4 Å². The Morgan fingerprint density at radius 1 is 1.32 bits per heavy atom. The van der Waals surface area contributed by atoms with Gasteiger partial charge in [-0.25, -0.2) is 0 Å². The second-order valence-electron chi connectivity index (χ2n) is 6.35. The van der Waals surface area contributed by atoms with Gasteiger partial charge in [0.05, 0.1) is 6.10 Å². The Bertz CT molecular complexity index is 584. The van der Waals surface area contributed by atoms with E-state index in [1.54, 1.807) is 0 Å². The molecule has 22 heavy (non-hydrogen) atoms.